The van der Waals surface area contributed by atoms with Crippen LogP contribution in [-0.2, 0) is 26.2 Å². The summed E-state index contributed by atoms with van der Waals surface area (Å²) in [6.45, 7) is 4.52. The first-order chi connectivity index (χ1) is 19.5. The maximum absolute atomic E-state index is 13.8. The standard InChI is InChI=1S/C29H35N7O5/c1-16(2)25(38)30-21-13-22(34(3)33-21)31-23(37)12-20(17-8-9-17)26(39)32-24-18-6-4-5-7-19(18)27(40)35-14-29(10-11-29)15-36(35)28(24)41/h4-7,13,16-17,20,24H,8-12,14-15H2,1-3H3,(H,31,37)(H,32,39)(H,30,33,38)/t20-,24-/m0/s1. The fourth-order valence-electron chi connectivity index (χ4n) is 5.76. The number of nitrogens with one attached hydrogen (secondary N) is 3. The Morgan fingerprint density at radius 1 is 1.02 bits per heavy atom. The van der Waals surface area contributed by atoms with Crippen LogP contribution in [0.4, 0.5) is 11.6 Å². The minimum atomic E-state index is -1.02. The second kappa shape index (κ2) is 10.0. The van der Waals surface area contributed by atoms with Gasteiger partial charge in [0.25, 0.3) is 11.8 Å². The first-order valence-corrected chi connectivity index (χ1v) is 14.2. The number of nitrogens with zero attached hydrogens (tertiary/aromatic N) is 4. The first kappa shape index (κ1) is 27.0. The van der Waals surface area contributed by atoms with Gasteiger partial charge in [0.15, 0.2) is 5.82 Å². The third-order valence-corrected chi connectivity index (χ3v) is 8.60. The van der Waals surface area contributed by atoms with E-state index >= 15 is 0 Å². The maximum Gasteiger partial charge on any atom is 0.272 e. The van der Waals surface area contributed by atoms with Crippen molar-refractivity contribution in [3.8, 4) is 0 Å². The molecule has 216 valence electrons. The number of amides is 5. The van der Waals surface area contributed by atoms with Crippen molar-refractivity contribution in [2.24, 2.45) is 30.2 Å². The fraction of sp³-hybridized carbons (Fsp3) is 0.517. The highest BCUT2D eigenvalue weighted by Gasteiger charge is 2.56. The molecule has 1 saturated heterocycles. The zero-order chi connectivity index (χ0) is 29.1. The van der Waals surface area contributed by atoms with E-state index in [0.29, 0.717) is 35.9 Å². The van der Waals surface area contributed by atoms with Crippen molar-refractivity contribution in [1.29, 1.82) is 0 Å². The molecule has 2 aromatic rings. The number of hydrazine groups is 1. The van der Waals surface area contributed by atoms with Gasteiger partial charge in [-0.3, -0.25) is 28.7 Å². The second-order valence-electron chi connectivity index (χ2n) is 12.2. The summed E-state index contributed by atoms with van der Waals surface area (Å²) in [6.07, 6.45) is 3.51. The average molecular weight is 562 g/mol. The number of anilines is 2. The third-order valence-electron chi connectivity index (χ3n) is 8.60. The van der Waals surface area contributed by atoms with Gasteiger partial charge in [-0.1, -0.05) is 32.0 Å². The molecule has 1 aromatic heterocycles. The van der Waals surface area contributed by atoms with E-state index in [1.54, 1.807) is 51.2 Å². The molecule has 0 bridgehead atoms. The Labute approximate surface area is 237 Å². The van der Waals surface area contributed by atoms with Gasteiger partial charge in [-0.05, 0) is 43.2 Å². The van der Waals surface area contributed by atoms with E-state index in [9.17, 15) is 24.0 Å². The third kappa shape index (κ3) is 5.18. The number of aryl methyl sites for hydroxylation is 1. The van der Waals surface area contributed by atoms with Crippen molar-refractivity contribution in [2.45, 2.75) is 52.0 Å². The summed E-state index contributed by atoms with van der Waals surface area (Å²) in [4.78, 5) is 66.0. The van der Waals surface area contributed by atoms with Crippen LogP contribution in [0.3, 0.4) is 0 Å². The lowest BCUT2D eigenvalue weighted by molar-refractivity contribution is -0.145. The Kier molecular flexibility index (Phi) is 6.58. The Balaban J connectivity index is 1.18. The largest absolute Gasteiger partial charge is 0.340 e. The quantitative estimate of drug-likeness (QED) is 0.451. The van der Waals surface area contributed by atoms with Gasteiger partial charge < -0.3 is 16.0 Å². The first-order valence-electron chi connectivity index (χ1n) is 14.2. The van der Waals surface area contributed by atoms with Crippen LogP contribution in [0.5, 0.6) is 0 Å². The van der Waals surface area contributed by atoms with Crippen molar-refractivity contribution >= 4 is 41.2 Å². The number of benzene rings is 1. The Morgan fingerprint density at radius 2 is 1.73 bits per heavy atom. The van der Waals surface area contributed by atoms with E-state index in [-0.39, 0.29) is 53.2 Å². The number of hydrogen-bond acceptors (Lipinski definition) is 6. The fourth-order valence-corrected chi connectivity index (χ4v) is 5.76. The van der Waals surface area contributed by atoms with Crippen molar-refractivity contribution in [3.63, 3.8) is 0 Å². The average Bonchev–Trinajstić information content (AvgIpc) is 3.85. The summed E-state index contributed by atoms with van der Waals surface area (Å²) >= 11 is 0. The van der Waals surface area contributed by atoms with Crippen molar-refractivity contribution in [1.82, 2.24) is 25.1 Å². The van der Waals surface area contributed by atoms with Crippen molar-refractivity contribution in [2.75, 3.05) is 23.7 Å². The number of fused-ring (bicyclic) bond motifs is 2. The molecule has 4 aliphatic rings. The smallest absolute Gasteiger partial charge is 0.272 e. The van der Waals surface area contributed by atoms with Gasteiger partial charge in [0, 0.05) is 42.3 Å². The van der Waals surface area contributed by atoms with Crippen molar-refractivity contribution in [3.05, 3.63) is 41.5 Å². The molecular weight excluding hydrogens is 526 g/mol. The van der Waals surface area contributed by atoms with Crippen molar-refractivity contribution < 1.29 is 24.0 Å². The minimum Gasteiger partial charge on any atom is -0.340 e. The molecule has 1 aromatic carbocycles. The Hall–Kier alpha value is -4.22. The number of aromatic nitrogens is 2. The topological polar surface area (TPSA) is 146 Å². The zero-order valence-corrected chi connectivity index (χ0v) is 23.5. The van der Waals surface area contributed by atoms with Gasteiger partial charge in [-0.25, -0.2) is 10.0 Å². The summed E-state index contributed by atoms with van der Waals surface area (Å²) in [7, 11) is 1.65. The summed E-state index contributed by atoms with van der Waals surface area (Å²) < 4.78 is 1.45. The second-order valence-corrected chi connectivity index (χ2v) is 12.2. The van der Waals surface area contributed by atoms with E-state index in [1.165, 1.54) is 14.7 Å². The van der Waals surface area contributed by atoms with E-state index in [4.69, 9.17) is 0 Å². The number of rotatable bonds is 8. The number of carbonyl (C=O) groups is 5. The summed E-state index contributed by atoms with van der Waals surface area (Å²) in [5, 5.41) is 15.7. The highest BCUT2D eigenvalue weighted by molar-refractivity contribution is 6.03. The zero-order valence-electron chi connectivity index (χ0n) is 23.5. The molecule has 5 amide bonds. The predicted molar refractivity (Wildman–Crippen MR) is 148 cm³/mol. The molecule has 3 fully saturated rings. The molecule has 12 nitrogen and oxygen atoms in total. The summed E-state index contributed by atoms with van der Waals surface area (Å²) in [5.41, 5.74) is 0.841. The van der Waals surface area contributed by atoms with Crippen LogP contribution in [-0.4, -0.2) is 62.4 Å². The SMILES string of the molecule is CC(C)C(=O)Nc1cc(NC(=O)C[C@H](C(=O)N[C@@H]2C(=O)N3CC4(CC4)CN3C(=O)c3ccccc32)C2CC2)n(C)n1. The molecule has 1 spiro atoms. The lowest BCUT2D eigenvalue weighted by atomic mass is 9.95. The molecule has 6 rings (SSSR count). The van der Waals surface area contributed by atoms with Crippen LogP contribution in [0.15, 0.2) is 30.3 Å². The van der Waals surface area contributed by atoms with E-state index < -0.39 is 12.0 Å². The van der Waals surface area contributed by atoms with Crippen LogP contribution >= 0.6 is 0 Å². The normalized spacial score (nSPS) is 21.3. The molecule has 3 N–H and O–H groups in total. The van der Waals surface area contributed by atoms with Gasteiger partial charge >= 0.3 is 0 Å². The predicted octanol–water partition coefficient (Wildman–Crippen LogP) is 2.22. The van der Waals surface area contributed by atoms with Gasteiger partial charge in [0.05, 0.1) is 13.1 Å². The van der Waals surface area contributed by atoms with Crippen LogP contribution in [0.2, 0.25) is 0 Å². The van der Waals surface area contributed by atoms with E-state index in [0.717, 1.165) is 25.7 Å². The monoisotopic (exact) mass is 561 g/mol. The van der Waals surface area contributed by atoms with Gasteiger partial charge in [-0.15, -0.1) is 0 Å². The molecule has 0 radical (unpaired) electrons. The summed E-state index contributed by atoms with van der Waals surface area (Å²) in [6, 6.07) is 7.47. The van der Waals surface area contributed by atoms with Gasteiger partial charge in [-0.2, -0.15) is 5.10 Å². The molecule has 0 unspecified atom stereocenters. The molecule has 2 aliphatic heterocycles. The highest BCUT2D eigenvalue weighted by atomic mass is 16.2. The van der Waals surface area contributed by atoms with Crippen LogP contribution in [0, 0.1) is 23.2 Å². The molecule has 2 saturated carbocycles. The van der Waals surface area contributed by atoms with Crippen LogP contribution in [0.1, 0.15) is 67.9 Å². The molecule has 41 heavy (non-hydrogen) atoms. The minimum absolute atomic E-state index is 0.0314. The number of hydrogen-bond donors (Lipinski definition) is 3. The van der Waals surface area contributed by atoms with Crippen LogP contribution < -0.4 is 16.0 Å². The van der Waals surface area contributed by atoms with Crippen LogP contribution in [0.25, 0.3) is 0 Å². The molecular formula is C29H35N7O5. The van der Waals surface area contributed by atoms with Gasteiger partial charge in [0.2, 0.25) is 17.7 Å². The van der Waals surface area contributed by atoms with E-state index in [2.05, 4.69) is 21.0 Å². The highest BCUT2D eigenvalue weighted by Crippen LogP contribution is 2.52. The molecule has 3 heterocycles. The lowest BCUT2D eigenvalue weighted by Crippen LogP contribution is -2.48. The number of carbonyl (C=O) groups excluding carboxylic acids is 5. The Bertz CT molecular complexity index is 1440. The molecule has 2 atom stereocenters. The van der Waals surface area contributed by atoms with Gasteiger partial charge in [0.1, 0.15) is 11.9 Å². The lowest BCUT2D eigenvalue weighted by Gasteiger charge is -2.28. The maximum atomic E-state index is 13.8. The molecule has 12 heteroatoms. The van der Waals surface area contributed by atoms with E-state index in [1.807, 2.05) is 0 Å². The molecule has 2 aliphatic carbocycles. The summed E-state index contributed by atoms with van der Waals surface area (Å²) in [5.74, 6) is -1.61. The Morgan fingerprint density at radius 3 is 2.41 bits per heavy atom.